The van der Waals surface area contributed by atoms with E-state index in [0.717, 1.165) is 12.0 Å². The van der Waals surface area contributed by atoms with Crippen molar-refractivity contribution in [1.82, 2.24) is 4.90 Å². The van der Waals surface area contributed by atoms with Crippen molar-refractivity contribution in [3.05, 3.63) is 70.8 Å². The minimum absolute atomic E-state index is 0.0895. The van der Waals surface area contributed by atoms with Crippen molar-refractivity contribution in [2.75, 3.05) is 6.54 Å². The number of rotatable bonds is 5. The summed E-state index contributed by atoms with van der Waals surface area (Å²) in [5.74, 6) is -0.0895. The lowest BCUT2D eigenvalue weighted by atomic mass is 10.1. The number of hydrogen-bond donors (Lipinski definition) is 0. The first-order valence-electron chi connectivity index (χ1n) is 7.46. The van der Waals surface area contributed by atoms with Crippen LogP contribution in [0.3, 0.4) is 0 Å². The third kappa shape index (κ3) is 4.18. The van der Waals surface area contributed by atoms with Gasteiger partial charge in [0.15, 0.2) is 0 Å². The molecule has 0 heterocycles. The molecule has 2 aromatic carbocycles. The van der Waals surface area contributed by atoms with E-state index in [1.165, 1.54) is 0 Å². The Balaban J connectivity index is 2.21. The molecule has 0 fully saturated rings. The normalized spacial score (nSPS) is 9.70. The molecule has 0 spiro atoms. The highest BCUT2D eigenvalue weighted by molar-refractivity contribution is 5.94. The van der Waals surface area contributed by atoms with E-state index in [-0.39, 0.29) is 5.91 Å². The average molecular weight is 303 g/mol. The summed E-state index contributed by atoms with van der Waals surface area (Å²) in [4.78, 5) is 14.5. The molecule has 2 aromatic rings. The van der Waals surface area contributed by atoms with Gasteiger partial charge in [-0.2, -0.15) is 10.5 Å². The Hall–Kier alpha value is -3.11. The molecule has 0 aromatic heterocycles. The summed E-state index contributed by atoms with van der Waals surface area (Å²) in [7, 11) is 0. The van der Waals surface area contributed by atoms with Gasteiger partial charge in [0.05, 0.1) is 23.3 Å². The van der Waals surface area contributed by atoms with Crippen LogP contribution in [0, 0.1) is 22.7 Å². The number of carbonyl (C=O) groups excluding carboxylic acids is 1. The van der Waals surface area contributed by atoms with E-state index < -0.39 is 0 Å². The predicted molar refractivity (Wildman–Crippen MR) is 87.3 cm³/mol. The van der Waals surface area contributed by atoms with Crippen LogP contribution in [-0.2, 0) is 6.54 Å². The molecule has 0 radical (unpaired) electrons. The van der Waals surface area contributed by atoms with Gasteiger partial charge in [-0.1, -0.05) is 25.1 Å². The van der Waals surface area contributed by atoms with Gasteiger partial charge in [-0.15, -0.1) is 0 Å². The number of amides is 1. The molecule has 0 atom stereocenters. The van der Waals surface area contributed by atoms with Crippen LogP contribution in [0.25, 0.3) is 0 Å². The minimum Gasteiger partial charge on any atom is -0.334 e. The highest BCUT2D eigenvalue weighted by atomic mass is 16.2. The van der Waals surface area contributed by atoms with E-state index in [9.17, 15) is 4.79 Å². The molecule has 0 aliphatic heterocycles. The van der Waals surface area contributed by atoms with Gasteiger partial charge in [-0.05, 0) is 42.3 Å². The van der Waals surface area contributed by atoms with Crippen molar-refractivity contribution in [1.29, 1.82) is 10.5 Å². The van der Waals surface area contributed by atoms with Gasteiger partial charge in [0.1, 0.15) is 0 Å². The summed E-state index contributed by atoms with van der Waals surface area (Å²) in [6.07, 6.45) is 0.847. The minimum atomic E-state index is -0.0895. The van der Waals surface area contributed by atoms with Crippen LogP contribution in [0.1, 0.15) is 40.4 Å². The molecule has 1 amide bonds. The lowest BCUT2D eigenvalue weighted by Gasteiger charge is -2.22. The summed E-state index contributed by atoms with van der Waals surface area (Å²) in [5, 5.41) is 17.8. The molecule has 0 saturated carbocycles. The molecule has 0 aliphatic carbocycles. The topological polar surface area (TPSA) is 67.9 Å². The number of carbonyl (C=O) groups is 1. The van der Waals surface area contributed by atoms with Gasteiger partial charge in [0.25, 0.3) is 5.91 Å². The summed E-state index contributed by atoms with van der Waals surface area (Å²) in [6, 6.07) is 18.1. The number of nitrogens with zero attached hydrogens (tertiary/aromatic N) is 3. The number of hydrogen-bond acceptors (Lipinski definition) is 3. The molecule has 2 rings (SSSR count). The van der Waals surface area contributed by atoms with Gasteiger partial charge in [0, 0.05) is 18.7 Å². The first-order chi connectivity index (χ1) is 11.2. The van der Waals surface area contributed by atoms with Crippen molar-refractivity contribution in [3.8, 4) is 12.1 Å². The van der Waals surface area contributed by atoms with Crippen LogP contribution in [0.15, 0.2) is 48.5 Å². The van der Waals surface area contributed by atoms with E-state index in [0.29, 0.717) is 29.8 Å². The van der Waals surface area contributed by atoms with Gasteiger partial charge in [0.2, 0.25) is 0 Å². The molecular weight excluding hydrogens is 286 g/mol. The van der Waals surface area contributed by atoms with E-state index >= 15 is 0 Å². The molecule has 0 saturated heterocycles. The molecule has 0 N–H and O–H groups in total. The maximum atomic E-state index is 12.7. The van der Waals surface area contributed by atoms with E-state index in [2.05, 4.69) is 12.1 Å². The second-order valence-corrected chi connectivity index (χ2v) is 5.23. The Morgan fingerprint density at radius 2 is 1.74 bits per heavy atom. The Labute approximate surface area is 136 Å². The van der Waals surface area contributed by atoms with Crippen LogP contribution in [0.2, 0.25) is 0 Å². The zero-order chi connectivity index (χ0) is 16.7. The van der Waals surface area contributed by atoms with E-state index in [1.807, 2.05) is 19.1 Å². The van der Waals surface area contributed by atoms with Crippen LogP contribution in [0.5, 0.6) is 0 Å². The fourth-order valence-corrected chi connectivity index (χ4v) is 2.33. The maximum Gasteiger partial charge on any atom is 0.254 e. The summed E-state index contributed by atoms with van der Waals surface area (Å²) < 4.78 is 0. The van der Waals surface area contributed by atoms with Crippen LogP contribution >= 0.6 is 0 Å². The first-order valence-corrected chi connectivity index (χ1v) is 7.46. The average Bonchev–Trinajstić information content (AvgIpc) is 2.61. The van der Waals surface area contributed by atoms with Crippen LogP contribution < -0.4 is 0 Å². The molecule has 0 aliphatic rings. The molecule has 114 valence electrons. The van der Waals surface area contributed by atoms with Gasteiger partial charge >= 0.3 is 0 Å². The fraction of sp³-hybridized carbons (Fsp3) is 0.211. The Bertz CT molecular complexity index is 766. The Morgan fingerprint density at radius 3 is 2.35 bits per heavy atom. The quantitative estimate of drug-likeness (QED) is 0.849. The molecule has 0 unspecified atom stereocenters. The van der Waals surface area contributed by atoms with E-state index in [4.69, 9.17) is 10.5 Å². The standard InChI is InChI=1S/C19H17N3O/c1-2-10-22(14-16-8-6-15(12-20)7-9-16)19(23)18-5-3-4-17(11-18)13-21/h3-9,11H,2,10,14H2,1H3. The third-order valence-corrected chi connectivity index (χ3v) is 3.48. The fourth-order valence-electron chi connectivity index (χ4n) is 2.33. The van der Waals surface area contributed by atoms with Crippen molar-refractivity contribution in [3.63, 3.8) is 0 Å². The SMILES string of the molecule is CCCN(Cc1ccc(C#N)cc1)C(=O)c1cccc(C#N)c1. The Morgan fingerprint density at radius 1 is 1.04 bits per heavy atom. The molecule has 4 nitrogen and oxygen atoms in total. The predicted octanol–water partition coefficient (Wildman–Crippen LogP) is 3.48. The van der Waals surface area contributed by atoms with Crippen molar-refractivity contribution in [2.45, 2.75) is 19.9 Å². The molecular formula is C19H17N3O. The zero-order valence-corrected chi connectivity index (χ0v) is 13.0. The second kappa shape index (κ2) is 7.77. The third-order valence-electron chi connectivity index (χ3n) is 3.48. The first kappa shape index (κ1) is 16.3. The zero-order valence-electron chi connectivity index (χ0n) is 13.0. The molecule has 23 heavy (non-hydrogen) atoms. The lowest BCUT2D eigenvalue weighted by Crippen LogP contribution is -2.31. The highest BCUT2D eigenvalue weighted by Crippen LogP contribution is 2.13. The van der Waals surface area contributed by atoms with E-state index in [1.54, 1.807) is 41.3 Å². The second-order valence-electron chi connectivity index (χ2n) is 5.23. The van der Waals surface area contributed by atoms with Gasteiger partial charge in [-0.25, -0.2) is 0 Å². The number of benzene rings is 2. The Kier molecular flexibility index (Phi) is 5.50. The largest absolute Gasteiger partial charge is 0.334 e. The van der Waals surface area contributed by atoms with Crippen molar-refractivity contribution in [2.24, 2.45) is 0 Å². The van der Waals surface area contributed by atoms with Crippen LogP contribution in [0.4, 0.5) is 0 Å². The highest BCUT2D eigenvalue weighted by Gasteiger charge is 2.15. The molecule has 4 heteroatoms. The summed E-state index contributed by atoms with van der Waals surface area (Å²) >= 11 is 0. The van der Waals surface area contributed by atoms with Gasteiger partial charge in [-0.3, -0.25) is 4.79 Å². The molecule has 0 bridgehead atoms. The lowest BCUT2D eigenvalue weighted by molar-refractivity contribution is 0.0743. The van der Waals surface area contributed by atoms with Crippen LogP contribution in [-0.4, -0.2) is 17.4 Å². The van der Waals surface area contributed by atoms with Crippen molar-refractivity contribution < 1.29 is 4.79 Å². The number of nitriles is 2. The smallest absolute Gasteiger partial charge is 0.254 e. The summed E-state index contributed by atoms with van der Waals surface area (Å²) in [5.41, 5.74) is 2.57. The van der Waals surface area contributed by atoms with Crippen molar-refractivity contribution >= 4 is 5.91 Å². The summed E-state index contributed by atoms with van der Waals surface area (Å²) in [6.45, 7) is 3.13. The van der Waals surface area contributed by atoms with Gasteiger partial charge < -0.3 is 4.90 Å². The maximum absolute atomic E-state index is 12.7. The monoisotopic (exact) mass is 303 g/mol.